The smallest absolute Gasteiger partial charge is 0.404 e. The Morgan fingerprint density at radius 3 is 2.74 bits per heavy atom. The number of hydrogen-bond donors (Lipinski definition) is 2. The number of ether oxygens (including phenoxy) is 1. The Bertz CT molecular complexity index is 756. The lowest BCUT2D eigenvalue weighted by Gasteiger charge is -2.13. The lowest BCUT2D eigenvalue weighted by molar-refractivity contribution is -0.772. The van der Waals surface area contributed by atoms with Crippen LogP contribution in [0.3, 0.4) is 0 Å². The topological polar surface area (TPSA) is 88.2 Å². The molecule has 0 aliphatic carbocycles. The summed E-state index contributed by atoms with van der Waals surface area (Å²) in [5.74, 6) is -1.32. The second-order valence-corrected chi connectivity index (χ2v) is 5.19. The van der Waals surface area contributed by atoms with E-state index in [1.807, 2.05) is 0 Å². The van der Waals surface area contributed by atoms with Gasteiger partial charge >= 0.3 is 17.0 Å². The molecule has 0 saturated carbocycles. The van der Waals surface area contributed by atoms with E-state index in [0.29, 0.717) is 0 Å². The summed E-state index contributed by atoms with van der Waals surface area (Å²) < 4.78 is 46.5. The minimum atomic E-state index is -4.87. The summed E-state index contributed by atoms with van der Waals surface area (Å²) in [6.07, 6.45) is -4.87. The maximum Gasteiger partial charge on any atom is 0.573 e. The fraction of sp³-hybridized carbons (Fsp3) is 0.250. The average molecular weight is 350 g/mol. The molecule has 124 valence electrons. The van der Waals surface area contributed by atoms with Crippen LogP contribution in [0.2, 0.25) is 0 Å². The largest absolute Gasteiger partial charge is 0.573 e. The fourth-order valence-electron chi connectivity index (χ4n) is 1.59. The molecule has 0 spiro atoms. The SMILES string of the molecule is C[n+]1[nH]oc(=O)c1SCC(=O)Nc1ccccc1OC(F)(F)F. The Balaban J connectivity index is 2.02. The minimum Gasteiger partial charge on any atom is -0.404 e. The van der Waals surface area contributed by atoms with Gasteiger partial charge in [-0.3, -0.25) is 9.32 Å². The number of carbonyl (C=O) groups excluding carboxylic acids is 1. The predicted molar refractivity (Wildman–Crippen MR) is 73.0 cm³/mol. The second kappa shape index (κ2) is 6.77. The van der Waals surface area contributed by atoms with Gasteiger partial charge in [0.25, 0.3) is 0 Å². The van der Waals surface area contributed by atoms with Crippen LogP contribution in [0.15, 0.2) is 38.6 Å². The Morgan fingerprint density at radius 2 is 2.13 bits per heavy atom. The van der Waals surface area contributed by atoms with Gasteiger partial charge in [0.15, 0.2) is 12.8 Å². The Kier molecular flexibility index (Phi) is 4.98. The Hall–Kier alpha value is -2.43. The number of anilines is 1. The first kappa shape index (κ1) is 16.9. The Labute approximate surface area is 131 Å². The number of nitrogens with one attached hydrogen (secondary N) is 2. The molecule has 0 aliphatic rings. The number of rotatable bonds is 5. The van der Waals surface area contributed by atoms with Crippen molar-refractivity contribution in [1.82, 2.24) is 5.27 Å². The number of hydrogen-bond acceptors (Lipinski definition) is 5. The van der Waals surface area contributed by atoms with Crippen molar-refractivity contribution in [3.8, 4) is 5.75 Å². The maximum absolute atomic E-state index is 12.3. The van der Waals surface area contributed by atoms with Gasteiger partial charge in [0.2, 0.25) is 5.91 Å². The molecule has 0 aliphatic heterocycles. The maximum atomic E-state index is 12.3. The summed E-state index contributed by atoms with van der Waals surface area (Å²) in [7, 11) is 1.51. The molecule has 1 heterocycles. The first-order chi connectivity index (χ1) is 10.8. The molecule has 0 fully saturated rings. The second-order valence-electron chi connectivity index (χ2n) is 4.23. The predicted octanol–water partition coefficient (Wildman–Crippen LogP) is 1.42. The zero-order valence-corrected chi connectivity index (χ0v) is 12.5. The van der Waals surface area contributed by atoms with E-state index in [-0.39, 0.29) is 16.5 Å². The average Bonchev–Trinajstić information content (AvgIpc) is 2.76. The van der Waals surface area contributed by atoms with E-state index < -0.39 is 23.6 Å². The molecular formula is C12H11F3N3O4S+. The summed E-state index contributed by atoms with van der Waals surface area (Å²) in [5, 5.41) is 4.73. The molecule has 0 atom stereocenters. The number of aromatic nitrogens is 2. The van der Waals surface area contributed by atoms with Crippen LogP contribution in [0, 0.1) is 0 Å². The molecule has 0 unspecified atom stereocenters. The molecule has 7 nitrogen and oxygen atoms in total. The minimum absolute atomic E-state index is 0.124. The lowest BCUT2D eigenvalue weighted by Crippen LogP contribution is -2.34. The monoisotopic (exact) mass is 350 g/mol. The standard InChI is InChI=1S/C12H10F3N3O4S/c1-18-10(11(20)22-17-18)23-6-9(19)16-7-4-2-3-5-8(7)21-12(13,14)15/h2-5H,6H2,1H3,(H-,16,17,19,20)/p+1. The van der Waals surface area contributed by atoms with Gasteiger partial charge in [-0.2, -0.15) is 0 Å². The summed E-state index contributed by atoms with van der Waals surface area (Å²) >= 11 is 0.877. The van der Waals surface area contributed by atoms with E-state index in [1.54, 1.807) is 0 Å². The highest BCUT2D eigenvalue weighted by atomic mass is 32.2. The molecule has 0 saturated heterocycles. The highest BCUT2D eigenvalue weighted by Gasteiger charge is 2.32. The van der Waals surface area contributed by atoms with Crippen molar-refractivity contribution in [3.63, 3.8) is 0 Å². The summed E-state index contributed by atoms with van der Waals surface area (Å²) in [6, 6.07) is 5.15. The van der Waals surface area contributed by atoms with Crippen molar-refractivity contribution in [1.29, 1.82) is 0 Å². The van der Waals surface area contributed by atoms with Crippen molar-refractivity contribution in [2.24, 2.45) is 7.05 Å². The molecule has 2 aromatic rings. The van der Waals surface area contributed by atoms with Gasteiger partial charge in [0, 0.05) is 0 Å². The molecule has 0 bridgehead atoms. The van der Waals surface area contributed by atoms with Crippen LogP contribution >= 0.6 is 11.8 Å². The zero-order chi connectivity index (χ0) is 17.0. The first-order valence-electron chi connectivity index (χ1n) is 6.11. The third kappa shape index (κ3) is 4.77. The van der Waals surface area contributed by atoms with E-state index in [0.717, 1.165) is 17.8 Å². The molecular weight excluding hydrogens is 339 g/mol. The zero-order valence-electron chi connectivity index (χ0n) is 11.6. The normalized spacial score (nSPS) is 11.3. The van der Waals surface area contributed by atoms with Crippen LogP contribution in [0.25, 0.3) is 0 Å². The van der Waals surface area contributed by atoms with Crippen molar-refractivity contribution in [2.45, 2.75) is 11.4 Å². The van der Waals surface area contributed by atoms with Crippen molar-refractivity contribution in [2.75, 3.05) is 11.1 Å². The van der Waals surface area contributed by atoms with E-state index in [4.69, 9.17) is 0 Å². The van der Waals surface area contributed by atoms with Gasteiger partial charge in [-0.25, -0.2) is 4.79 Å². The number of aromatic amines is 1. The van der Waals surface area contributed by atoms with Crippen molar-refractivity contribution < 1.29 is 31.9 Å². The fourth-order valence-corrected chi connectivity index (χ4v) is 2.32. The number of alkyl halides is 3. The number of para-hydroxylation sites is 2. The number of H-pyrrole nitrogens is 1. The molecule has 0 radical (unpaired) electrons. The van der Waals surface area contributed by atoms with Crippen molar-refractivity contribution >= 4 is 23.4 Å². The summed E-state index contributed by atoms with van der Waals surface area (Å²) in [5.41, 5.74) is -0.771. The summed E-state index contributed by atoms with van der Waals surface area (Å²) in [6.45, 7) is 0. The van der Waals surface area contributed by atoms with Gasteiger partial charge in [0.1, 0.15) is 0 Å². The molecule has 2 rings (SSSR count). The van der Waals surface area contributed by atoms with Gasteiger partial charge in [-0.1, -0.05) is 16.8 Å². The highest BCUT2D eigenvalue weighted by molar-refractivity contribution is 7.99. The molecule has 1 amide bonds. The molecule has 11 heteroatoms. The third-order valence-corrected chi connectivity index (χ3v) is 3.60. The van der Waals surface area contributed by atoms with Crippen LogP contribution in [0.1, 0.15) is 0 Å². The van der Waals surface area contributed by atoms with Gasteiger partial charge in [-0.15, -0.1) is 13.2 Å². The first-order valence-corrected chi connectivity index (χ1v) is 7.10. The third-order valence-electron chi connectivity index (χ3n) is 2.48. The van der Waals surface area contributed by atoms with Gasteiger partial charge < -0.3 is 10.1 Å². The number of benzene rings is 1. The number of aryl methyl sites for hydroxylation is 1. The van der Waals surface area contributed by atoms with Crippen LogP contribution in [0.5, 0.6) is 5.75 Å². The van der Waals surface area contributed by atoms with Gasteiger partial charge in [0.05, 0.1) is 11.4 Å². The van der Waals surface area contributed by atoms with E-state index >= 15 is 0 Å². The number of halogens is 3. The van der Waals surface area contributed by atoms with Crippen LogP contribution in [-0.4, -0.2) is 23.3 Å². The van der Waals surface area contributed by atoms with E-state index in [9.17, 15) is 22.8 Å². The molecule has 23 heavy (non-hydrogen) atoms. The van der Waals surface area contributed by atoms with Crippen LogP contribution < -0.4 is 20.4 Å². The summed E-state index contributed by atoms with van der Waals surface area (Å²) in [4.78, 5) is 23.1. The molecule has 1 aromatic heterocycles. The van der Waals surface area contributed by atoms with E-state index in [2.05, 4.69) is 19.8 Å². The van der Waals surface area contributed by atoms with Crippen LogP contribution in [-0.2, 0) is 11.8 Å². The molecule has 1 aromatic carbocycles. The van der Waals surface area contributed by atoms with Crippen LogP contribution in [0.4, 0.5) is 18.9 Å². The molecule has 2 N–H and O–H groups in total. The van der Waals surface area contributed by atoms with E-state index in [1.165, 1.54) is 29.9 Å². The highest BCUT2D eigenvalue weighted by Crippen LogP contribution is 2.30. The Morgan fingerprint density at radius 1 is 1.43 bits per heavy atom. The number of amides is 1. The quantitative estimate of drug-likeness (QED) is 0.629. The lowest BCUT2D eigenvalue weighted by atomic mass is 10.3. The van der Waals surface area contributed by atoms with Crippen molar-refractivity contribution in [3.05, 3.63) is 34.7 Å². The van der Waals surface area contributed by atoms with Gasteiger partial charge in [-0.05, 0) is 29.2 Å². The number of nitrogens with zero attached hydrogens (tertiary/aromatic N) is 1. The number of thioether (sulfide) groups is 1. The number of carbonyl (C=O) groups is 1.